The summed E-state index contributed by atoms with van der Waals surface area (Å²) in [4.78, 5) is 16.2. The molecule has 0 aliphatic carbocycles. The van der Waals surface area contributed by atoms with Crippen molar-refractivity contribution < 1.29 is 59.5 Å². The van der Waals surface area contributed by atoms with E-state index in [1.54, 1.807) is 7.05 Å². The van der Waals surface area contributed by atoms with Gasteiger partial charge in [0.2, 0.25) is 0 Å². The third-order valence-corrected chi connectivity index (χ3v) is 10.1. The zero-order chi connectivity index (χ0) is 26.4. The normalized spacial score (nSPS) is 26.3. The number of anilines is 1. The van der Waals surface area contributed by atoms with Gasteiger partial charge in [-0.15, -0.1) is 0 Å². The van der Waals surface area contributed by atoms with Gasteiger partial charge in [-0.3, -0.25) is 27.2 Å². The van der Waals surface area contributed by atoms with Crippen molar-refractivity contribution in [1.29, 1.82) is 0 Å². The van der Waals surface area contributed by atoms with Gasteiger partial charge in [0, 0.05) is 48.8 Å². The Kier molecular flexibility index (Phi) is 10.8. The fourth-order valence-corrected chi connectivity index (χ4v) is 7.28. The largest absolute Gasteiger partial charge is 0.492 e. The minimum Gasteiger partial charge on any atom is -0.387 e. The molecule has 2 rings (SSSR count). The number of aromatic nitrogens is 2. The van der Waals surface area contributed by atoms with Crippen LogP contribution in [0.5, 0.6) is 0 Å². The smallest absolute Gasteiger partial charge is 0.387 e. The van der Waals surface area contributed by atoms with Crippen molar-refractivity contribution in [3.63, 3.8) is 0 Å². The van der Waals surface area contributed by atoms with Crippen LogP contribution in [0.2, 0.25) is 0 Å². The quantitative estimate of drug-likeness (QED) is 0.306. The lowest BCUT2D eigenvalue weighted by molar-refractivity contribution is -0.0622. The number of phosphoric acid groups is 3. The van der Waals surface area contributed by atoms with Crippen molar-refractivity contribution in [3.8, 4) is 0 Å². The maximum Gasteiger partial charge on any atom is 0.492 e. The Bertz CT molecular complexity index is 1050. The van der Waals surface area contributed by atoms with Gasteiger partial charge in [0.05, 0.1) is 6.61 Å². The van der Waals surface area contributed by atoms with Crippen molar-refractivity contribution in [2.45, 2.75) is 24.5 Å². The average molecular weight is 567 g/mol. The predicted molar refractivity (Wildman–Crippen MR) is 118 cm³/mol. The Balaban J connectivity index is 2.18. The van der Waals surface area contributed by atoms with E-state index in [4.69, 9.17) is 18.3 Å². The molecule has 2 heterocycles. The van der Waals surface area contributed by atoms with E-state index < -0.39 is 60.3 Å². The van der Waals surface area contributed by atoms with Crippen LogP contribution in [0.3, 0.4) is 0 Å². The highest BCUT2D eigenvalue weighted by molar-refractivity contribution is 7.67. The number of nitrogens with one attached hydrogen (secondary N) is 1. The third-order valence-electron chi connectivity index (χ3n) is 4.64. The zero-order valence-corrected chi connectivity index (χ0v) is 22.3. The molecule has 35 heavy (non-hydrogen) atoms. The standard InChI is InChI=1S/C15H28N3O14P3/c1-16-11-7-8-18(15(20)17-11)14-13(24-2)12(19)10(30-14)9-29-34(22,27-5)32-35(23,28-6)31-33(21,25-3)26-4/h7-8,10,12-14,19H,9H2,1-6H3,(H,16,17,20). The fourth-order valence-electron chi connectivity index (χ4n) is 2.82. The summed E-state index contributed by atoms with van der Waals surface area (Å²) in [5.74, 6) is 0.313. The molecule has 17 nitrogen and oxygen atoms in total. The van der Waals surface area contributed by atoms with E-state index in [0.29, 0.717) is 5.82 Å². The van der Waals surface area contributed by atoms with E-state index in [2.05, 4.69) is 32.7 Å². The summed E-state index contributed by atoms with van der Waals surface area (Å²) in [6.45, 7) is -0.657. The van der Waals surface area contributed by atoms with Crippen LogP contribution in [-0.4, -0.2) is 82.2 Å². The highest BCUT2D eigenvalue weighted by atomic mass is 31.3. The molecular weight excluding hydrogens is 539 g/mol. The highest BCUT2D eigenvalue weighted by Gasteiger charge is 2.49. The minimum atomic E-state index is -4.88. The molecule has 1 fully saturated rings. The molecule has 20 heteroatoms. The van der Waals surface area contributed by atoms with Crippen LogP contribution < -0.4 is 11.0 Å². The second kappa shape index (κ2) is 12.5. The molecule has 2 N–H and O–H groups in total. The van der Waals surface area contributed by atoms with E-state index in [1.165, 1.54) is 19.4 Å². The van der Waals surface area contributed by atoms with Crippen molar-refractivity contribution in [2.24, 2.45) is 0 Å². The molecule has 0 spiro atoms. The van der Waals surface area contributed by atoms with Crippen LogP contribution in [0.15, 0.2) is 17.1 Å². The molecule has 1 aliphatic heterocycles. The maximum atomic E-state index is 12.9. The summed E-state index contributed by atoms with van der Waals surface area (Å²) in [5.41, 5.74) is -0.692. The lowest BCUT2D eigenvalue weighted by Crippen LogP contribution is -2.37. The Labute approximate surface area is 200 Å². The Hall–Kier alpha value is -1.03. The first-order chi connectivity index (χ1) is 16.4. The maximum absolute atomic E-state index is 12.9. The van der Waals surface area contributed by atoms with Crippen molar-refractivity contribution >= 4 is 29.3 Å². The summed E-state index contributed by atoms with van der Waals surface area (Å²) >= 11 is 0. The van der Waals surface area contributed by atoms with E-state index >= 15 is 0 Å². The summed E-state index contributed by atoms with van der Waals surface area (Å²) < 4.78 is 82.5. The SMILES string of the molecule is CNc1ccn(C2OC(COP(=O)(OC)OP(=O)(OC)OP(=O)(OC)OC)C(O)C2OC)c(=O)n1. The fraction of sp³-hybridized carbons (Fsp3) is 0.733. The number of aliphatic hydroxyl groups excluding tert-OH is 1. The molecule has 1 aliphatic rings. The summed E-state index contributed by atoms with van der Waals surface area (Å²) in [5, 5.41) is 13.3. The van der Waals surface area contributed by atoms with Crippen molar-refractivity contribution in [2.75, 3.05) is 54.5 Å². The van der Waals surface area contributed by atoms with Gasteiger partial charge in [-0.05, 0) is 6.07 Å². The zero-order valence-electron chi connectivity index (χ0n) is 19.7. The van der Waals surface area contributed by atoms with Gasteiger partial charge >= 0.3 is 29.2 Å². The number of phosphoric ester groups is 2. The van der Waals surface area contributed by atoms with E-state index in [-0.39, 0.29) is 0 Å². The van der Waals surface area contributed by atoms with Gasteiger partial charge < -0.3 is 19.9 Å². The molecule has 0 amide bonds. The van der Waals surface area contributed by atoms with E-state index in [9.17, 15) is 23.6 Å². The molecule has 1 aromatic heterocycles. The van der Waals surface area contributed by atoms with E-state index in [1.807, 2.05) is 0 Å². The number of methoxy groups -OCH3 is 1. The van der Waals surface area contributed by atoms with Crippen LogP contribution >= 0.6 is 23.5 Å². The van der Waals surface area contributed by atoms with E-state index in [0.717, 1.165) is 33.0 Å². The van der Waals surface area contributed by atoms with Gasteiger partial charge in [0.25, 0.3) is 0 Å². The summed E-state index contributed by atoms with van der Waals surface area (Å²) in [6.07, 6.45) is -3.39. The number of nitrogens with zero attached hydrogens (tertiary/aromatic N) is 2. The first-order valence-corrected chi connectivity index (χ1v) is 14.0. The van der Waals surface area contributed by atoms with Crippen molar-refractivity contribution in [1.82, 2.24) is 9.55 Å². The van der Waals surface area contributed by atoms with Gasteiger partial charge in [-0.1, -0.05) is 0 Å². The van der Waals surface area contributed by atoms with Crippen LogP contribution in [0.25, 0.3) is 0 Å². The first kappa shape index (κ1) is 30.2. The number of hydrogen-bond acceptors (Lipinski definition) is 16. The molecule has 0 saturated carbocycles. The predicted octanol–water partition coefficient (Wildman–Crippen LogP) is 1.52. The Morgan fingerprint density at radius 1 is 1.03 bits per heavy atom. The van der Waals surface area contributed by atoms with Crippen LogP contribution in [0, 0.1) is 0 Å². The van der Waals surface area contributed by atoms with Gasteiger partial charge in [0.1, 0.15) is 24.1 Å². The minimum absolute atomic E-state index is 0.313. The number of hydrogen-bond donors (Lipinski definition) is 2. The van der Waals surface area contributed by atoms with Gasteiger partial charge in [-0.2, -0.15) is 13.6 Å². The average Bonchev–Trinajstić information content (AvgIpc) is 3.17. The molecule has 1 aromatic rings. The lowest BCUT2D eigenvalue weighted by Gasteiger charge is -2.24. The molecule has 6 atom stereocenters. The first-order valence-electron chi connectivity index (χ1n) is 9.66. The van der Waals surface area contributed by atoms with Gasteiger partial charge in [-0.25, -0.2) is 18.5 Å². The van der Waals surface area contributed by atoms with Crippen LogP contribution in [0.4, 0.5) is 5.82 Å². The monoisotopic (exact) mass is 567 g/mol. The molecule has 1 saturated heterocycles. The molecule has 0 radical (unpaired) electrons. The molecular formula is C15H28N3O14P3. The number of ether oxygens (including phenoxy) is 2. The lowest BCUT2D eigenvalue weighted by atomic mass is 10.1. The number of aliphatic hydroxyl groups is 1. The number of rotatable bonds is 14. The summed E-state index contributed by atoms with van der Waals surface area (Å²) in [7, 11) is -7.52. The topological polar surface area (TPSA) is 201 Å². The molecule has 6 unspecified atom stereocenters. The summed E-state index contributed by atoms with van der Waals surface area (Å²) in [6, 6.07) is 1.50. The Morgan fingerprint density at radius 3 is 2.09 bits per heavy atom. The van der Waals surface area contributed by atoms with Crippen molar-refractivity contribution in [3.05, 3.63) is 22.7 Å². The molecule has 0 bridgehead atoms. The van der Waals surface area contributed by atoms with Crippen LogP contribution in [0.1, 0.15) is 6.23 Å². The highest BCUT2D eigenvalue weighted by Crippen LogP contribution is 2.72. The second-order valence-electron chi connectivity index (χ2n) is 6.54. The second-order valence-corrected chi connectivity index (χ2v) is 12.2. The Morgan fingerprint density at radius 2 is 1.60 bits per heavy atom. The van der Waals surface area contributed by atoms with Gasteiger partial charge in [0.15, 0.2) is 6.23 Å². The third kappa shape index (κ3) is 7.27. The molecule has 0 aromatic carbocycles. The molecule has 202 valence electrons. The van der Waals surface area contributed by atoms with Crippen LogP contribution in [-0.2, 0) is 54.4 Å².